The van der Waals surface area contributed by atoms with Crippen molar-refractivity contribution in [2.75, 3.05) is 7.11 Å². The van der Waals surface area contributed by atoms with Gasteiger partial charge in [0.15, 0.2) is 17.3 Å². The van der Waals surface area contributed by atoms with Crippen molar-refractivity contribution >= 4 is 11.8 Å². The van der Waals surface area contributed by atoms with Crippen molar-refractivity contribution in [2.45, 2.75) is 63.9 Å². The Hall–Kier alpha value is -2.76. The Morgan fingerprint density at radius 3 is 2.62 bits per heavy atom. The van der Waals surface area contributed by atoms with Gasteiger partial charge in [-0.15, -0.1) is 0 Å². The number of benzene rings is 1. The lowest BCUT2D eigenvalue weighted by Crippen LogP contribution is -2.35. The van der Waals surface area contributed by atoms with E-state index in [1.807, 2.05) is 6.92 Å². The zero-order valence-corrected chi connectivity index (χ0v) is 16.9. The fourth-order valence-corrected chi connectivity index (χ4v) is 4.69. The smallest absolute Gasteiger partial charge is 0.337 e. The number of phenols is 1. The van der Waals surface area contributed by atoms with Gasteiger partial charge in [-0.25, -0.2) is 4.79 Å². The molecular weight excluding hydrogens is 370 g/mol. The maximum Gasteiger partial charge on any atom is 0.337 e. The second-order valence-electron chi connectivity index (χ2n) is 8.01. The van der Waals surface area contributed by atoms with Gasteiger partial charge in [0.25, 0.3) is 0 Å². The van der Waals surface area contributed by atoms with Crippen LogP contribution in [0.3, 0.4) is 0 Å². The van der Waals surface area contributed by atoms with E-state index in [2.05, 4.69) is 5.32 Å². The molecule has 29 heavy (non-hydrogen) atoms. The summed E-state index contributed by atoms with van der Waals surface area (Å²) in [7, 11) is 1.49. The largest absolute Gasteiger partial charge is 0.504 e. The molecule has 0 saturated heterocycles. The standard InChI is InChI=1S/C23H27NO5/c1-13-20(23(27)29-15-6-3-4-7-15)21(14-10-11-19(28-2)18(26)12-14)22-16(24-13)8-5-9-17(22)25/h10-12,15,21,24,26H,3-9H2,1-2H3. The number of carbonyl (C=O) groups excluding carboxylic acids is 2. The van der Waals surface area contributed by atoms with E-state index in [9.17, 15) is 14.7 Å². The first kappa shape index (κ1) is 19.6. The summed E-state index contributed by atoms with van der Waals surface area (Å²) in [4.78, 5) is 26.1. The van der Waals surface area contributed by atoms with Crippen LogP contribution in [-0.2, 0) is 14.3 Å². The van der Waals surface area contributed by atoms with Crippen LogP contribution in [0.1, 0.15) is 63.4 Å². The molecule has 1 aromatic carbocycles. The van der Waals surface area contributed by atoms with Crippen molar-refractivity contribution in [2.24, 2.45) is 0 Å². The Kier molecular flexibility index (Phi) is 5.35. The van der Waals surface area contributed by atoms with Gasteiger partial charge in [-0.05, 0) is 63.1 Å². The molecule has 154 valence electrons. The third kappa shape index (κ3) is 3.63. The molecule has 1 saturated carbocycles. The number of esters is 1. The number of rotatable bonds is 4. The third-order valence-electron chi connectivity index (χ3n) is 6.11. The van der Waals surface area contributed by atoms with E-state index < -0.39 is 5.92 Å². The Morgan fingerprint density at radius 1 is 1.17 bits per heavy atom. The normalized spacial score (nSPS) is 22.4. The molecule has 6 nitrogen and oxygen atoms in total. The number of carbonyl (C=O) groups is 2. The zero-order chi connectivity index (χ0) is 20.5. The molecule has 2 N–H and O–H groups in total. The van der Waals surface area contributed by atoms with Crippen LogP contribution in [0.25, 0.3) is 0 Å². The molecule has 0 aromatic heterocycles. The lowest BCUT2D eigenvalue weighted by Gasteiger charge is -2.34. The van der Waals surface area contributed by atoms with Gasteiger partial charge in [-0.3, -0.25) is 4.79 Å². The minimum atomic E-state index is -0.551. The molecule has 0 radical (unpaired) electrons. The minimum Gasteiger partial charge on any atom is -0.504 e. The maximum atomic E-state index is 13.2. The van der Waals surface area contributed by atoms with E-state index in [0.29, 0.717) is 34.6 Å². The van der Waals surface area contributed by atoms with Gasteiger partial charge in [0.1, 0.15) is 6.10 Å². The second kappa shape index (κ2) is 7.93. The Labute approximate surface area is 170 Å². The van der Waals surface area contributed by atoms with Crippen molar-refractivity contribution in [1.29, 1.82) is 0 Å². The number of allylic oxidation sites excluding steroid dienone is 3. The molecule has 6 heteroatoms. The highest BCUT2D eigenvalue weighted by Crippen LogP contribution is 2.44. The lowest BCUT2D eigenvalue weighted by atomic mass is 9.75. The highest BCUT2D eigenvalue weighted by atomic mass is 16.5. The molecule has 1 aliphatic heterocycles. The number of aromatic hydroxyl groups is 1. The number of ketones is 1. The van der Waals surface area contributed by atoms with Crippen LogP contribution in [0.4, 0.5) is 0 Å². The average molecular weight is 397 g/mol. The summed E-state index contributed by atoms with van der Waals surface area (Å²) < 4.78 is 11.0. The molecule has 1 heterocycles. The van der Waals surface area contributed by atoms with Crippen LogP contribution >= 0.6 is 0 Å². The molecule has 0 amide bonds. The summed E-state index contributed by atoms with van der Waals surface area (Å²) in [6.07, 6.45) is 5.85. The van der Waals surface area contributed by atoms with Crippen LogP contribution in [-0.4, -0.2) is 30.1 Å². The Balaban J connectivity index is 1.78. The van der Waals surface area contributed by atoms with Crippen molar-refractivity contribution in [3.63, 3.8) is 0 Å². The quantitative estimate of drug-likeness (QED) is 0.751. The molecule has 1 fully saturated rings. The summed E-state index contributed by atoms with van der Waals surface area (Å²) in [5, 5.41) is 13.6. The summed E-state index contributed by atoms with van der Waals surface area (Å²) in [6.45, 7) is 1.85. The molecule has 1 atom stereocenters. The summed E-state index contributed by atoms with van der Waals surface area (Å²) >= 11 is 0. The molecule has 4 rings (SSSR count). The fourth-order valence-electron chi connectivity index (χ4n) is 4.69. The molecule has 3 aliphatic rings. The number of hydrogen-bond donors (Lipinski definition) is 2. The maximum absolute atomic E-state index is 13.2. The minimum absolute atomic E-state index is 0.0184. The van der Waals surface area contributed by atoms with Crippen molar-refractivity contribution in [3.05, 3.63) is 46.3 Å². The first-order valence-corrected chi connectivity index (χ1v) is 10.3. The van der Waals surface area contributed by atoms with Crippen LogP contribution in [0.5, 0.6) is 11.5 Å². The van der Waals surface area contributed by atoms with Crippen molar-refractivity contribution in [1.82, 2.24) is 5.32 Å². The second-order valence-corrected chi connectivity index (χ2v) is 8.01. The molecule has 2 aliphatic carbocycles. The van der Waals surface area contributed by atoms with Crippen molar-refractivity contribution < 1.29 is 24.2 Å². The van der Waals surface area contributed by atoms with Gasteiger partial charge >= 0.3 is 5.97 Å². The number of nitrogens with one attached hydrogen (secondary N) is 1. The number of methoxy groups -OCH3 is 1. The van der Waals surface area contributed by atoms with Gasteiger partial charge in [0, 0.05) is 29.3 Å². The number of Topliss-reactive ketones (excluding diaryl/α,β-unsaturated/α-hetero) is 1. The Bertz CT molecular complexity index is 908. The lowest BCUT2D eigenvalue weighted by molar-refractivity contribution is -0.144. The van der Waals surface area contributed by atoms with E-state index >= 15 is 0 Å². The number of dihydropyridines is 1. The van der Waals surface area contributed by atoms with Crippen LogP contribution < -0.4 is 10.1 Å². The summed E-state index contributed by atoms with van der Waals surface area (Å²) in [6, 6.07) is 5.05. The summed E-state index contributed by atoms with van der Waals surface area (Å²) in [5.41, 5.74) is 3.34. The van der Waals surface area contributed by atoms with Gasteiger partial charge in [-0.1, -0.05) is 6.07 Å². The van der Waals surface area contributed by atoms with E-state index in [0.717, 1.165) is 44.2 Å². The highest BCUT2D eigenvalue weighted by Gasteiger charge is 2.40. The molecular formula is C23H27NO5. The number of hydrogen-bond acceptors (Lipinski definition) is 6. The topological polar surface area (TPSA) is 84.9 Å². The van der Waals surface area contributed by atoms with Crippen LogP contribution in [0.2, 0.25) is 0 Å². The molecule has 1 unspecified atom stereocenters. The van der Waals surface area contributed by atoms with Gasteiger partial charge in [0.05, 0.1) is 12.7 Å². The predicted octanol–water partition coefficient (Wildman–Crippen LogP) is 3.85. The van der Waals surface area contributed by atoms with E-state index in [1.54, 1.807) is 18.2 Å². The summed E-state index contributed by atoms with van der Waals surface area (Å²) in [5.74, 6) is -0.563. The molecule has 0 bridgehead atoms. The van der Waals surface area contributed by atoms with E-state index in [-0.39, 0.29) is 23.6 Å². The van der Waals surface area contributed by atoms with Crippen LogP contribution in [0.15, 0.2) is 40.7 Å². The first-order valence-electron chi connectivity index (χ1n) is 10.3. The third-order valence-corrected chi connectivity index (χ3v) is 6.11. The monoisotopic (exact) mass is 397 g/mol. The number of phenolic OH excluding ortho intramolecular Hbond substituents is 1. The fraction of sp³-hybridized carbons (Fsp3) is 0.478. The zero-order valence-electron chi connectivity index (χ0n) is 16.9. The first-order chi connectivity index (χ1) is 14.0. The Morgan fingerprint density at radius 2 is 1.93 bits per heavy atom. The van der Waals surface area contributed by atoms with Crippen molar-refractivity contribution in [3.8, 4) is 11.5 Å². The molecule has 1 aromatic rings. The highest BCUT2D eigenvalue weighted by molar-refractivity contribution is 6.03. The van der Waals surface area contributed by atoms with Gasteiger partial charge in [0.2, 0.25) is 0 Å². The van der Waals surface area contributed by atoms with Gasteiger partial charge in [-0.2, -0.15) is 0 Å². The average Bonchev–Trinajstić information content (AvgIpc) is 3.20. The predicted molar refractivity (Wildman–Crippen MR) is 107 cm³/mol. The molecule has 0 spiro atoms. The van der Waals surface area contributed by atoms with E-state index in [1.165, 1.54) is 7.11 Å². The number of ether oxygens (including phenoxy) is 2. The SMILES string of the molecule is COc1ccc(C2C(C(=O)OC3CCCC3)=C(C)NC3=C2C(=O)CCC3)cc1O. The van der Waals surface area contributed by atoms with Gasteiger partial charge < -0.3 is 19.9 Å². The van der Waals surface area contributed by atoms with Crippen LogP contribution in [0, 0.1) is 0 Å². The van der Waals surface area contributed by atoms with E-state index in [4.69, 9.17) is 9.47 Å².